The highest BCUT2D eigenvalue weighted by molar-refractivity contribution is 6.08. The Bertz CT molecular complexity index is 2180. The number of benzene rings is 6. The first kappa shape index (κ1) is 24.9. The molecule has 0 aliphatic heterocycles. The zero-order chi connectivity index (χ0) is 28.6. The van der Waals surface area contributed by atoms with Gasteiger partial charge in [0.1, 0.15) is 5.52 Å². The zero-order valence-corrected chi connectivity index (χ0v) is 23.2. The molecule has 2 aromatic heterocycles. The van der Waals surface area contributed by atoms with Gasteiger partial charge in [0.25, 0.3) is 0 Å². The van der Waals surface area contributed by atoms with Gasteiger partial charge in [0, 0.05) is 27.8 Å². The Hall–Kier alpha value is -5.87. The average Bonchev–Trinajstić information content (AvgIpc) is 3.58. The molecule has 4 nitrogen and oxygen atoms in total. The first-order chi connectivity index (χ1) is 21.3. The van der Waals surface area contributed by atoms with E-state index in [1.807, 2.05) is 48.5 Å². The van der Waals surface area contributed by atoms with Gasteiger partial charge in [-0.3, -0.25) is 0 Å². The van der Waals surface area contributed by atoms with Gasteiger partial charge in [0.05, 0.1) is 11.4 Å². The lowest BCUT2D eigenvalue weighted by Gasteiger charge is -2.15. The molecular formula is C39H25N3O. The summed E-state index contributed by atoms with van der Waals surface area (Å²) in [6.45, 7) is 0. The number of nitrogens with zero attached hydrogens (tertiary/aromatic N) is 3. The molecule has 8 aromatic rings. The van der Waals surface area contributed by atoms with Gasteiger partial charge in [0.2, 0.25) is 0 Å². The van der Waals surface area contributed by atoms with Gasteiger partial charge in [-0.05, 0) is 40.1 Å². The monoisotopic (exact) mass is 551 g/mol. The SMILES string of the molecule is c1ccc(-c2cc(-c3ccccc3)nc(-c3cccc(-c4ccc5ccccc5c4-c4cccc5ncoc45)c3)n2)cc1. The highest BCUT2D eigenvalue weighted by Gasteiger charge is 2.18. The molecule has 0 bridgehead atoms. The standard InChI is InChI=1S/C39H25N3O/c1-3-12-27(13-4-1)35-24-36(28-14-5-2-6-15-28)42-39(41-35)30-17-9-16-29(23-30)32-22-21-26-11-7-8-18-31(26)37(32)33-19-10-20-34-38(33)43-25-40-34/h1-25H. The normalized spacial score (nSPS) is 11.3. The minimum atomic E-state index is 0.682. The van der Waals surface area contributed by atoms with Gasteiger partial charge in [-0.2, -0.15) is 0 Å². The summed E-state index contributed by atoms with van der Waals surface area (Å²) in [5.74, 6) is 0.682. The molecule has 0 radical (unpaired) electrons. The molecule has 8 rings (SSSR count). The summed E-state index contributed by atoms with van der Waals surface area (Å²) in [7, 11) is 0. The molecule has 43 heavy (non-hydrogen) atoms. The van der Waals surface area contributed by atoms with Gasteiger partial charge in [-0.25, -0.2) is 15.0 Å². The topological polar surface area (TPSA) is 51.8 Å². The molecule has 0 fully saturated rings. The van der Waals surface area contributed by atoms with E-state index in [1.54, 1.807) is 0 Å². The maximum absolute atomic E-state index is 5.92. The molecule has 0 saturated carbocycles. The Morgan fingerprint density at radius 2 is 1.12 bits per heavy atom. The molecule has 0 amide bonds. The fourth-order valence-electron chi connectivity index (χ4n) is 5.80. The van der Waals surface area contributed by atoms with Crippen molar-refractivity contribution in [1.82, 2.24) is 15.0 Å². The average molecular weight is 552 g/mol. The largest absolute Gasteiger partial charge is 0.443 e. The smallest absolute Gasteiger partial charge is 0.182 e. The van der Waals surface area contributed by atoms with Crippen LogP contribution in [0.25, 0.3) is 78.0 Å². The number of hydrogen-bond donors (Lipinski definition) is 0. The minimum Gasteiger partial charge on any atom is -0.443 e. The second-order valence-electron chi connectivity index (χ2n) is 10.5. The fraction of sp³-hybridized carbons (Fsp3) is 0. The number of fused-ring (bicyclic) bond motifs is 2. The molecule has 0 atom stereocenters. The predicted octanol–water partition coefficient (Wildman–Crippen LogP) is 10.1. The number of hydrogen-bond acceptors (Lipinski definition) is 4. The van der Waals surface area contributed by atoms with Crippen LogP contribution in [0.5, 0.6) is 0 Å². The van der Waals surface area contributed by atoms with Crippen LogP contribution in [0.1, 0.15) is 0 Å². The van der Waals surface area contributed by atoms with Crippen molar-refractivity contribution in [2.75, 3.05) is 0 Å². The first-order valence-electron chi connectivity index (χ1n) is 14.3. The number of rotatable bonds is 5. The quantitative estimate of drug-likeness (QED) is 0.214. The number of aromatic nitrogens is 3. The van der Waals surface area contributed by atoms with Crippen LogP contribution < -0.4 is 0 Å². The van der Waals surface area contributed by atoms with Crippen LogP contribution in [0.4, 0.5) is 0 Å². The van der Waals surface area contributed by atoms with E-state index in [0.29, 0.717) is 5.82 Å². The van der Waals surface area contributed by atoms with Crippen LogP contribution in [0.3, 0.4) is 0 Å². The van der Waals surface area contributed by atoms with Crippen LogP contribution in [-0.4, -0.2) is 15.0 Å². The highest BCUT2D eigenvalue weighted by atomic mass is 16.3. The van der Waals surface area contributed by atoms with E-state index in [0.717, 1.165) is 66.8 Å². The van der Waals surface area contributed by atoms with E-state index in [4.69, 9.17) is 14.4 Å². The third-order valence-electron chi connectivity index (χ3n) is 7.85. The highest BCUT2D eigenvalue weighted by Crippen LogP contribution is 2.41. The molecule has 0 saturated heterocycles. The predicted molar refractivity (Wildman–Crippen MR) is 174 cm³/mol. The van der Waals surface area contributed by atoms with Crippen molar-refractivity contribution in [1.29, 1.82) is 0 Å². The van der Waals surface area contributed by atoms with E-state index in [-0.39, 0.29) is 0 Å². The molecule has 0 aliphatic rings. The molecule has 4 heteroatoms. The first-order valence-corrected chi connectivity index (χ1v) is 14.3. The lowest BCUT2D eigenvalue weighted by Crippen LogP contribution is -1.96. The summed E-state index contributed by atoms with van der Waals surface area (Å²) in [5.41, 5.74) is 10.8. The van der Waals surface area contributed by atoms with Crippen molar-refractivity contribution in [2.24, 2.45) is 0 Å². The summed E-state index contributed by atoms with van der Waals surface area (Å²) in [5, 5.41) is 2.32. The third-order valence-corrected chi connectivity index (χ3v) is 7.85. The van der Waals surface area contributed by atoms with Gasteiger partial charge >= 0.3 is 0 Å². The van der Waals surface area contributed by atoms with E-state index in [9.17, 15) is 0 Å². The van der Waals surface area contributed by atoms with E-state index >= 15 is 0 Å². The van der Waals surface area contributed by atoms with Crippen molar-refractivity contribution in [3.05, 3.63) is 152 Å². The number of oxazole rings is 1. The molecule has 6 aromatic carbocycles. The molecule has 0 spiro atoms. The Morgan fingerprint density at radius 1 is 0.465 bits per heavy atom. The van der Waals surface area contributed by atoms with Gasteiger partial charge in [-0.1, -0.05) is 127 Å². The summed E-state index contributed by atoms with van der Waals surface area (Å²) < 4.78 is 5.92. The van der Waals surface area contributed by atoms with Crippen LogP contribution >= 0.6 is 0 Å². The fourth-order valence-corrected chi connectivity index (χ4v) is 5.80. The summed E-state index contributed by atoms with van der Waals surface area (Å²) in [6.07, 6.45) is 1.51. The molecular weight excluding hydrogens is 526 g/mol. The van der Waals surface area contributed by atoms with Crippen LogP contribution in [0, 0.1) is 0 Å². The van der Waals surface area contributed by atoms with Crippen molar-refractivity contribution < 1.29 is 4.42 Å². The Balaban J connectivity index is 1.34. The van der Waals surface area contributed by atoms with Crippen molar-refractivity contribution in [3.8, 4) is 56.2 Å². The minimum absolute atomic E-state index is 0.682. The maximum Gasteiger partial charge on any atom is 0.182 e. The molecule has 0 aliphatic carbocycles. The summed E-state index contributed by atoms with van der Waals surface area (Å²) >= 11 is 0. The maximum atomic E-state index is 5.92. The van der Waals surface area contributed by atoms with Crippen molar-refractivity contribution >= 4 is 21.9 Å². The van der Waals surface area contributed by atoms with Gasteiger partial charge in [-0.15, -0.1) is 0 Å². The summed E-state index contributed by atoms with van der Waals surface area (Å²) in [6, 6.07) is 50.1. The van der Waals surface area contributed by atoms with E-state index in [1.165, 1.54) is 11.8 Å². The van der Waals surface area contributed by atoms with Crippen LogP contribution in [-0.2, 0) is 0 Å². The Labute approximate surface area is 249 Å². The second-order valence-corrected chi connectivity index (χ2v) is 10.5. The van der Waals surface area contributed by atoms with E-state index < -0.39 is 0 Å². The Kier molecular flexibility index (Phi) is 6.08. The lowest BCUT2D eigenvalue weighted by molar-refractivity contribution is 0.603. The molecule has 202 valence electrons. The molecule has 2 heterocycles. The number of para-hydroxylation sites is 1. The second kappa shape index (κ2) is 10.5. The third kappa shape index (κ3) is 4.55. The summed E-state index contributed by atoms with van der Waals surface area (Å²) in [4.78, 5) is 14.6. The van der Waals surface area contributed by atoms with Crippen molar-refractivity contribution in [2.45, 2.75) is 0 Å². The van der Waals surface area contributed by atoms with E-state index in [2.05, 4.69) is 102 Å². The van der Waals surface area contributed by atoms with Crippen LogP contribution in [0.2, 0.25) is 0 Å². The van der Waals surface area contributed by atoms with Gasteiger partial charge < -0.3 is 4.42 Å². The lowest BCUT2D eigenvalue weighted by atomic mass is 9.89. The molecule has 0 unspecified atom stereocenters. The zero-order valence-electron chi connectivity index (χ0n) is 23.2. The van der Waals surface area contributed by atoms with Crippen LogP contribution in [0.15, 0.2) is 156 Å². The van der Waals surface area contributed by atoms with Gasteiger partial charge in [0.15, 0.2) is 17.8 Å². The Morgan fingerprint density at radius 3 is 1.88 bits per heavy atom. The van der Waals surface area contributed by atoms with Crippen molar-refractivity contribution in [3.63, 3.8) is 0 Å². The molecule has 0 N–H and O–H groups in total.